The molecule has 0 radical (unpaired) electrons. The molecule has 0 unspecified atom stereocenters. The highest BCUT2D eigenvalue weighted by molar-refractivity contribution is 6.99. The molecule has 1 N–H and O–H groups in total. The summed E-state index contributed by atoms with van der Waals surface area (Å²) < 4.78 is 6.66. The summed E-state index contributed by atoms with van der Waals surface area (Å²) in [5.41, 5.74) is 0. The summed E-state index contributed by atoms with van der Waals surface area (Å²) >= 11 is 5.73. The van der Waals surface area contributed by atoms with Crippen LogP contribution in [0.3, 0.4) is 0 Å². The van der Waals surface area contributed by atoms with E-state index < -0.39 is 14.4 Å². The second-order valence-electron chi connectivity index (χ2n) is 7.11. The van der Waals surface area contributed by atoms with Gasteiger partial charge in [0.1, 0.15) is 0 Å². The van der Waals surface area contributed by atoms with Crippen LogP contribution in [0.25, 0.3) is 0 Å². The number of hydrogen-bond acceptors (Lipinski definition) is 2. The minimum Gasteiger partial charge on any atom is -0.407 e. The minimum atomic E-state index is -2.48. The molecule has 0 saturated heterocycles. The van der Waals surface area contributed by atoms with Crippen LogP contribution < -0.4 is 10.4 Å². The van der Waals surface area contributed by atoms with Crippen molar-refractivity contribution in [2.75, 3.05) is 12.5 Å². The molecule has 2 aromatic carbocycles. The fraction of sp³-hybridized carbons (Fsp3) is 0.400. The molecule has 0 heterocycles. The van der Waals surface area contributed by atoms with Crippen molar-refractivity contribution < 1.29 is 9.53 Å². The van der Waals surface area contributed by atoms with Gasteiger partial charge in [-0.25, -0.2) is 0 Å². The van der Waals surface area contributed by atoms with Crippen LogP contribution in [0.5, 0.6) is 0 Å². The second kappa shape index (κ2) is 8.30. The average Bonchev–Trinajstić information content (AvgIpc) is 2.59. The zero-order valence-electron chi connectivity index (χ0n) is 14.7. The van der Waals surface area contributed by atoms with Gasteiger partial charge in [0.25, 0.3) is 8.32 Å². The average molecular weight is 363 g/mol. The quantitative estimate of drug-likeness (QED) is 0.603. The van der Waals surface area contributed by atoms with Crippen LogP contribution in [0.2, 0.25) is 5.04 Å². The van der Waals surface area contributed by atoms with Crippen molar-refractivity contribution in [1.29, 1.82) is 0 Å². The Kier molecular flexibility index (Phi) is 6.64. The van der Waals surface area contributed by atoms with E-state index in [0.717, 1.165) is 0 Å². The Balaban J connectivity index is 2.49. The van der Waals surface area contributed by atoms with Crippen LogP contribution in [0, 0.1) is 0 Å². The highest BCUT2D eigenvalue weighted by atomic mass is 35.5. The van der Waals surface area contributed by atoms with E-state index in [1.807, 2.05) is 12.1 Å². The largest absolute Gasteiger partial charge is 0.407 e. The van der Waals surface area contributed by atoms with Gasteiger partial charge in [0.05, 0.1) is 6.10 Å². The Labute approximate surface area is 151 Å². The topological polar surface area (TPSA) is 29.5 Å². The first kappa shape index (κ1) is 19.2. The number of benzene rings is 2. The Hall–Kier alpha value is -1.13. The fourth-order valence-corrected chi connectivity index (χ4v) is 7.92. The van der Waals surface area contributed by atoms with Crippen LogP contribution in [0.1, 0.15) is 27.2 Å². The summed E-state index contributed by atoms with van der Waals surface area (Å²) in [5.74, 6) is 0.240. The Morgan fingerprint density at radius 2 is 1.42 bits per heavy atom. The second-order valence-corrected chi connectivity index (χ2v) is 11.7. The first-order valence-corrected chi connectivity index (χ1v) is 10.8. The van der Waals surface area contributed by atoms with Gasteiger partial charge in [-0.05, 0) is 21.8 Å². The molecule has 0 bridgehead atoms. The monoisotopic (exact) mass is 362 g/mol. The molecule has 0 fully saturated rings. The van der Waals surface area contributed by atoms with Crippen molar-refractivity contribution in [3.8, 4) is 0 Å². The zero-order valence-corrected chi connectivity index (χ0v) is 16.5. The lowest BCUT2D eigenvalue weighted by atomic mass is 10.2. The van der Waals surface area contributed by atoms with Gasteiger partial charge in [0.2, 0.25) is 0 Å². The predicted octanol–water partition coefficient (Wildman–Crippen LogP) is 3.55. The number of alkyl halides is 1. The molecule has 0 aliphatic rings. The Morgan fingerprint density at radius 3 is 1.79 bits per heavy atom. The first-order chi connectivity index (χ1) is 11.4. The lowest BCUT2D eigenvalue weighted by Gasteiger charge is -2.43. The van der Waals surface area contributed by atoms with E-state index in [9.17, 15) is 5.11 Å². The van der Waals surface area contributed by atoms with E-state index in [-0.39, 0.29) is 10.9 Å². The normalized spacial score (nSPS) is 13.7. The number of aliphatic hydroxyl groups is 1. The predicted molar refractivity (Wildman–Crippen MR) is 105 cm³/mol. The maximum absolute atomic E-state index is 9.80. The number of halogens is 1. The van der Waals surface area contributed by atoms with Crippen LogP contribution in [0.15, 0.2) is 60.7 Å². The molecule has 0 aliphatic carbocycles. The van der Waals surface area contributed by atoms with E-state index in [0.29, 0.717) is 13.0 Å². The van der Waals surface area contributed by atoms with E-state index in [1.54, 1.807) is 0 Å². The molecule has 2 rings (SSSR count). The van der Waals surface area contributed by atoms with Crippen LogP contribution in [-0.4, -0.2) is 32.0 Å². The highest BCUT2D eigenvalue weighted by Crippen LogP contribution is 2.36. The summed E-state index contributed by atoms with van der Waals surface area (Å²) in [6.07, 6.45) is 0.0263. The first-order valence-electron chi connectivity index (χ1n) is 8.41. The van der Waals surface area contributed by atoms with Crippen molar-refractivity contribution in [3.05, 3.63) is 60.7 Å². The molecule has 0 amide bonds. The van der Waals surface area contributed by atoms with Gasteiger partial charge < -0.3 is 9.53 Å². The molecule has 0 spiro atoms. The lowest BCUT2D eigenvalue weighted by molar-refractivity contribution is 0.155. The minimum absolute atomic E-state index is 0.0401. The molecule has 2 aromatic rings. The molecular weight excluding hydrogens is 336 g/mol. The maximum atomic E-state index is 9.80. The lowest BCUT2D eigenvalue weighted by Crippen LogP contribution is -2.66. The molecule has 0 aromatic heterocycles. The van der Waals surface area contributed by atoms with Crippen LogP contribution in [0.4, 0.5) is 0 Å². The third-order valence-electron chi connectivity index (χ3n) is 4.36. The van der Waals surface area contributed by atoms with Crippen LogP contribution >= 0.6 is 11.6 Å². The van der Waals surface area contributed by atoms with Gasteiger partial charge in [-0.1, -0.05) is 81.4 Å². The molecule has 0 saturated carbocycles. The molecule has 2 nitrogen and oxygen atoms in total. The van der Waals surface area contributed by atoms with E-state index in [1.165, 1.54) is 10.4 Å². The fourth-order valence-electron chi connectivity index (χ4n) is 3.19. The van der Waals surface area contributed by atoms with E-state index >= 15 is 0 Å². The summed E-state index contributed by atoms with van der Waals surface area (Å²) in [7, 11) is -2.48. The third kappa shape index (κ3) is 4.09. The number of aliphatic hydroxyl groups excluding tert-OH is 1. The van der Waals surface area contributed by atoms with Crippen molar-refractivity contribution in [3.63, 3.8) is 0 Å². The molecule has 4 heteroatoms. The molecule has 24 heavy (non-hydrogen) atoms. The Morgan fingerprint density at radius 1 is 0.958 bits per heavy atom. The number of hydrogen-bond donors (Lipinski definition) is 1. The summed E-state index contributed by atoms with van der Waals surface area (Å²) in [5, 5.41) is 12.3. The van der Waals surface area contributed by atoms with Gasteiger partial charge in [0.15, 0.2) is 0 Å². The van der Waals surface area contributed by atoms with Crippen LogP contribution in [-0.2, 0) is 4.43 Å². The highest BCUT2D eigenvalue weighted by Gasteiger charge is 2.49. The van der Waals surface area contributed by atoms with Gasteiger partial charge in [-0.2, -0.15) is 0 Å². The van der Waals surface area contributed by atoms with Crippen molar-refractivity contribution in [2.24, 2.45) is 0 Å². The smallest absolute Gasteiger partial charge is 0.261 e. The number of rotatable bonds is 7. The SMILES string of the molecule is CC(C)(C)[Si](OCC[C@@H](O)CCl)(c1ccccc1)c1ccccc1. The zero-order chi connectivity index (χ0) is 17.6. The summed E-state index contributed by atoms with van der Waals surface area (Å²) in [6, 6.07) is 21.0. The van der Waals surface area contributed by atoms with Crippen molar-refractivity contribution >= 4 is 30.3 Å². The van der Waals surface area contributed by atoms with Crippen molar-refractivity contribution in [1.82, 2.24) is 0 Å². The third-order valence-corrected chi connectivity index (χ3v) is 9.76. The molecule has 1 atom stereocenters. The Bertz CT molecular complexity index is 571. The van der Waals surface area contributed by atoms with Gasteiger partial charge in [-0.3, -0.25) is 0 Å². The molecular formula is C20H27ClO2Si. The molecule has 0 aliphatic heterocycles. The van der Waals surface area contributed by atoms with E-state index in [2.05, 4.69) is 69.3 Å². The maximum Gasteiger partial charge on any atom is 0.261 e. The standard InChI is InChI=1S/C20H27ClO2Si/c1-20(2,3)24(18-10-6-4-7-11-18,19-12-8-5-9-13-19)23-15-14-17(22)16-21/h4-13,17,22H,14-16H2,1-3H3/t17-/m1/s1. The molecule has 130 valence electrons. The van der Waals surface area contributed by atoms with E-state index in [4.69, 9.17) is 16.0 Å². The van der Waals surface area contributed by atoms with Gasteiger partial charge in [-0.15, -0.1) is 11.6 Å². The van der Waals surface area contributed by atoms with Gasteiger partial charge in [0, 0.05) is 12.5 Å². The summed E-state index contributed by atoms with van der Waals surface area (Å²) in [6.45, 7) is 7.24. The summed E-state index contributed by atoms with van der Waals surface area (Å²) in [4.78, 5) is 0. The van der Waals surface area contributed by atoms with Crippen molar-refractivity contribution in [2.45, 2.75) is 38.3 Å². The van der Waals surface area contributed by atoms with Gasteiger partial charge >= 0.3 is 0 Å².